The first-order chi connectivity index (χ1) is 17.0. The maximum atomic E-state index is 13.1. The van der Waals surface area contributed by atoms with Gasteiger partial charge < -0.3 is 18.9 Å². The van der Waals surface area contributed by atoms with Gasteiger partial charge in [0.1, 0.15) is 5.75 Å². The molecule has 1 aromatic carbocycles. The van der Waals surface area contributed by atoms with Crippen LogP contribution in [0.5, 0.6) is 11.5 Å². The number of pyridine rings is 1. The number of hydrogen-bond acceptors (Lipinski definition) is 7. The molecule has 1 N–H and O–H groups in total. The van der Waals surface area contributed by atoms with Crippen molar-refractivity contribution in [3.8, 4) is 11.5 Å². The van der Waals surface area contributed by atoms with Crippen LogP contribution in [0, 0.1) is 0 Å². The number of halogens is 3. The molecule has 0 atom stereocenters. The molecular formula is C23H22F3N7O2. The molecule has 0 spiro atoms. The van der Waals surface area contributed by atoms with Crippen LogP contribution in [0.4, 0.5) is 18.9 Å². The normalized spacial score (nSPS) is 17.1. The largest absolute Gasteiger partial charge is 0.453 e. The lowest BCUT2D eigenvalue weighted by Crippen LogP contribution is -2.35. The summed E-state index contributed by atoms with van der Waals surface area (Å²) in [6, 6.07) is 7.56. The van der Waals surface area contributed by atoms with Crippen molar-refractivity contribution in [3.63, 3.8) is 0 Å². The van der Waals surface area contributed by atoms with Gasteiger partial charge in [0.25, 0.3) is 0 Å². The van der Waals surface area contributed by atoms with Crippen LogP contribution in [0.2, 0.25) is 0 Å². The Kier molecular flexibility index (Phi) is 5.32. The van der Waals surface area contributed by atoms with E-state index in [1.165, 1.54) is 0 Å². The van der Waals surface area contributed by atoms with Gasteiger partial charge in [0.2, 0.25) is 5.82 Å². The van der Waals surface area contributed by atoms with Gasteiger partial charge in [-0.15, -0.1) is 10.2 Å². The second-order valence-electron chi connectivity index (χ2n) is 8.66. The van der Waals surface area contributed by atoms with Crippen LogP contribution in [0.25, 0.3) is 10.9 Å². The third kappa shape index (κ3) is 4.07. The minimum Gasteiger partial charge on any atom is -0.453 e. The molecule has 35 heavy (non-hydrogen) atoms. The zero-order valence-electron chi connectivity index (χ0n) is 18.6. The number of anilines is 1. The lowest BCUT2D eigenvalue weighted by atomic mass is 9.96. The predicted molar refractivity (Wildman–Crippen MR) is 119 cm³/mol. The van der Waals surface area contributed by atoms with Crippen molar-refractivity contribution in [2.75, 3.05) is 24.7 Å². The number of rotatable bonds is 4. The molecule has 0 aliphatic carbocycles. The molecule has 0 saturated carbocycles. The molecule has 9 nitrogen and oxygen atoms in total. The van der Waals surface area contributed by atoms with Gasteiger partial charge in [-0.05, 0) is 37.1 Å². The van der Waals surface area contributed by atoms with Crippen LogP contribution >= 0.6 is 0 Å². The molecule has 0 unspecified atom stereocenters. The fourth-order valence-electron chi connectivity index (χ4n) is 4.75. The maximum absolute atomic E-state index is 13.1. The molecule has 0 amide bonds. The van der Waals surface area contributed by atoms with Crippen molar-refractivity contribution in [3.05, 3.63) is 54.0 Å². The van der Waals surface area contributed by atoms with E-state index in [0.29, 0.717) is 37.2 Å². The minimum absolute atomic E-state index is 0.154. The second kappa shape index (κ2) is 8.52. The van der Waals surface area contributed by atoms with E-state index in [0.717, 1.165) is 39.7 Å². The van der Waals surface area contributed by atoms with Crippen molar-refractivity contribution in [1.29, 1.82) is 0 Å². The summed E-state index contributed by atoms with van der Waals surface area (Å²) < 4.78 is 52.3. The summed E-state index contributed by atoms with van der Waals surface area (Å²) in [6.07, 6.45) is 0.666. The van der Waals surface area contributed by atoms with Gasteiger partial charge in [-0.3, -0.25) is 10.1 Å². The molecule has 3 aromatic heterocycles. The average Bonchev–Trinajstić information content (AvgIpc) is 3.51. The molecule has 12 heteroatoms. The molecule has 5 heterocycles. The number of nitrogens with zero attached hydrogens (tertiary/aromatic N) is 6. The van der Waals surface area contributed by atoms with E-state index < -0.39 is 12.0 Å². The molecule has 2 aliphatic heterocycles. The smallest absolute Gasteiger partial charge is 0.451 e. The van der Waals surface area contributed by atoms with Gasteiger partial charge in [-0.1, -0.05) is 0 Å². The summed E-state index contributed by atoms with van der Waals surface area (Å²) in [7, 11) is 0. The van der Waals surface area contributed by atoms with Gasteiger partial charge in [0, 0.05) is 49.5 Å². The highest BCUT2D eigenvalue weighted by atomic mass is 19.4. The number of aromatic nitrogens is 6. The fourth-order valence-corrected chi connectivity index (χ4v) is 4.75. The summed E-state index contributed by atoms with van der Waals surface area (Å²) in [6.45, 7) is 2.22. The van der Waals surface area contributed by atoms with Gasteiger partial charge in [0.15, 0.2) is 11.6 Å². The molecule has 2 aliphatic rings. The van der Waals surface area contributed by atoms with Crippen molar-refractivity contribution in [2.24, 2.45) is 0 Å². The topological polar surface area (TPSA) is 94.0 Å². The SMILES string of the molecule is FC(F)(F)c1nnc2n1CCN(c1ccc3c(Oc4cn[nH]c4C4CCOCC4)ccnc3c1)C2. The number of nitrogens with one attached hydrogen (secondary N) is 1. The van der Waals surface area contributed by atoms with Gasteiger partial charge in [-0.25, -0.2) is 0 Å². The highest BCUT2D eigenvalue weighted by molar-refractivity contribution is 5.88. The van der Waals surface area contributed by atoms with Crippen molar-refractivity contribution >= 4 is 16.6 Å². The quantitative estimate of drug-likeness (QED) is 0.461. The Labute approximate surface area is 197 Å². The van der Waals surface area contributed by atoms with Gasteiger partial charge in [0.05, 0.1) is 24.0 Å². The van der Waals surface area contributed by atoms with E-state index in [1.54, 1.807) is 12.4 Å². The number of fused-ring (bicyclic) bond motifs is 2. The second-order valence-corrected chi connectivity index (χ2v) is 8.66. The predicted octanol–water partition coefficient (Wildman–Crippen LogP) is 4.27. The molecule has 6 rings (SSSR count). The standard InChI is InChI=1S/C23H22F3N7O2/c24-23(25,26)22-31-29-20-13-32(7-8-33(20)22)15-1-2-16-17(11-15)27-6-3-18(16)35-19-12-28-30-21(19)14-4-9-34-10-5-14/h1-3,6,11-12,14H,4-5,7-10,13H2,(H,28,30). The van der Waals surface area contributed by atoms with Crippen molar-refractivity contribution in [1.82, 2.24) is 29.9 Å². The monoisotopic (exact) mass is 485 g/mol. The average molecular weight is 485 g/mol. The van der Waals surface area contributed by atoms with Crippen LogP contribution in [-0.4, -0.2) is 49.7 Å². The van der Waals surface area contributed by atoms with Crippen LogP contribution in [-0.2, 0) is 24.0 Å². The molecule has 1 fully saturated rings. The van der Waals surface area contributed by atoms with Gasteiger partial charge >= 0.3 is 6.18 Å². The molecule has 182 valence electrons. The molecule has 0 bridgehead atoms. The summed E-state index contributed by atoms with van der Waals surface area (Å²) in [5.74, 6) is 0.983. The highest BCUT2D eigenvalue weighted by Crippen LogP contribution is 2.37. The molecule has 1 saturated heterocycles. The lowest BCUT2D eigenvalue weighted by molar-refractivity contribution is -0.147. The van der Waals surface area contributed by atoms with Crippen molar-refractivity contribution < 1.29 is 22.6 Å². The Morgan fingerprint density at radius 3 is 2.74 bits per heavy atom. The Hall–Kier alpha value is -3.67. The summed E-state index contributed by atoms with van der Waals surface area (Å²) in [5, 5.41) is 15.2. The lowest BCUT2D eigenvalue weighted by Gasteiger charge is -2.30. The number of H-pyrrole nitrogens is 1. The first kappa shape index (κ1) is 21.8. The third-order valence-corrected chi connectivity index (χ3v) is 6.54. The van der Waals surface area contributed by atoms with Crippen LogP contribution in [0.15, 0.2) is 36.7 Å². The Morgan fingerprint density at radius 1 is 1.06 bits per heavy atom. The first-order valence-electron chi connectivity index (χ1n) is 11.4. The Morgan fingerprint density at radius 2 is 1.91 bits per heavy atom. The zero-order valence-corrected chi connectivity index (χ0v) is 18.6. The molecule has 4 aromatic rings. The summed E-state index contributed by atoms with van der Waals surface area (Å²) >= 11 is 0. The van der Waals surface area contributed by atoms with Crippen LogP contribution in [0.1, 0.15) is 36.1 Å². The fraction of sp³-hybridized carbons (Fsp3) is 0.391. The first-order valence-corrected chi connectivity index (χ1v) is 11.4. The van der Waals surface area contributed by atoms with Crippen LogP contribution in [0.3, 0.4) is 0 Å². The summed E-state index contributed by atoms with van der Waals surface area (Å²) in [4.78, 5) is 6.46. The number of aromatic amines is 1. The summed E-state index contributed by atoms with van der Waals surface area (Å²) in [5.41, 5.74) is 2.53. The van der Waals surface area contributed by atoms with E-state index in [-0.39, 0.29) is 18.9 Å². The third-order valence-electron chi connectivity index (χ3n) is 6.54. The van der Waals surface area contributed by atoms with E-state index in [4.69, 9.17) is 9.47 Å². The van der Waals surface area contributed by atoms with E-state index in [9.17, 15) is 13.2 Å². The molecular weight excluding hydrogens is 463 g/mol. The van der Waals surface area contributed by atoms with E-state index >= 15 is 0 Å². The number of alkyl halides is 3. The molecule has 0 radical (unpaired) electrons. The Bertz CT molecular complexity index is 1360. The number of hydrogen-bond donors (Lipinski definition) is 1. The number of ether oxygens (including phenoxy) is 2. The number of benzene rings is 1. The maximum Gasteiger partial charge on any atom is 0.451 e. The minimum atomic E-state index is -4.52. The van der Waals surface area contributed by atoms with Gasteiger partial charge in [-0.2, -0.15) is 18.3 Å². The van der Waals surface area contributed by atoms with E-state index in [1.807, 2.05) is 29.2 Å². The van der Waals surface area contributed by atoms with Crippen molar-refractivity contribution in [2.45, 2.75) is 38.0 Å². The zero-order chi connectivity index (χ0) is 24.0. The van der Waals surface area contributed by atoms with E-state index in [2.05, 4.69) is 25.4 Å². The Balaban J connectivity index is 1.25. The highest BCUT2D eigenvalue weighted by Gasteiger charge is 2.39. The van der Waals surface area contributed by atoms with Crippen LogP contribution < -0.4 is 9.64 Å².